The number of hydrogen-bond donors (Lipinski definition) is 2. The SMILES string of the molecule is CC(C)(C)c1ccc(C(NN)c2ccc(F)cc2F)cc1. The van der Waals surface area contributed by atoms with Gasteiger partial charge in [-0.3, -0.25) is 5.84 Å². The van der Waals surface area contributed by atoms with Crippen LogP contribution in [0.1, 0.15) is 43.5 Å². The molecule has 0 aliphatic heterocycles. The third kappa shape index (κ3) is 3.46. The monoisotopic (exact) mass is 290 g/mol. The van der Waals surface area contributed by atoms with E-state index >= 15 is 0 Å². The maximum atomic E-state index is 13.9. The summed E-state index contributed by atoms with van der Waals surface area (Å²) in [5.74, 6) is 4.34. The van der Waals surface area contributed by atoms with Gasteiger partial charge in [0.25, 0.3) is 0 Å². The molecule has 2 aromatic rings. The lowest BCUT2D eigenvalue weighted by Crippen LogP contribution is -2.29. The third-order valence-electron chi connectivity index (χ3n) is 3.55. The average molecular weight is 290 g/mol. The largest absolute Gasteiger partial charge is 0.271 e. The van der Waals surface area contributed by atoms with E-state index < -0.39 is 17.7 Å². The summed E-state index contributed by atoms with van der Waals surface area (Å²) < 4.78 is 26.9. The lowest BCUT2D eigenvalue weighted by atomic mass is 9.86. The van der Waals surface area contributed by atoms with Crippen molar-refractivity contribution in [1.82, 2.24) is 5.43 Å². The number of hydrogen-bond acceptors (Lipinski definition) is 2. The molecule has 0 bridgehead atoms. The van der Waals surface area contributed by atoms with Crippen molar-refractivity contribution in [3.63, 3.8) is 0 Å². The zero-order chi connectivity index (χ0) is 15.6. The van der Waals surface area contributed by atoms with Gasteiger partial charge >= 0.3 is 0 Å². The highest BCUT2D eigenvalue weighted by molar-refractivity contribution is 5.36. The van der Waals surface area contributed by atoms with E-state index in [-0.39, 0.29) is 5.41 Å². The molecule has 0 radical (unpaired) electrons. The summed E-state index contributed by atoms with van der Waals surface area (Å²) in [6.45, 7) is 6.38. The molecular formula is C17H20F2N2. The van der Waals surface area contributed by atoms with Gasteiger partial charge in [0.05, 0.1) is 6.04 Å². The van der Waals surface area contributed by atoms with Gasteiger partial charge in [0.2, 0.25) is 0 Å². The topological polar surface area (TPSA) is 38.0 Å². The number of hydrazine groups is 1. The molecule has 2 nitrogen and oxygen atoms in total. The fourth-order valence-corrected chi connectivity index (χ4v) is 2.28. The van der Waals surface area contributed by atoms with Crippen LogP contribution < -0.4 is 11.3 Å². The van der Waals surface area contributed by atoms with Crippen molar-refractivity contribution in [2.45, 2.75) is 32.2 Å². The Kier molecular flexibility index (Phi) is 4.40. The second kappa shape index (κ2) is 5.92. The molecule has 2 rings (SSSR count). The maximum absolute atomic E-state index is 13.9. The molecule has 4 heteroatoms. The Bertz CT molecular complexity index is 616. The molecule has 0 aliphatic rings. The van der Waals surface area contributed by atoms with E-state index in [1.54, 1.807) is 0 Å². The second-order valence-corrected chi connectivity index (χ2v) is 6.14. The number of nitrogens with one attached hydrogen (secondary N) is 1. The molecule has 2 aromatic carbocycles. The first kappa shape index (κ1) is 15.6. The zero-order valence-electron chi connectivity index (χ0n) is 12.5. The van der Waals surface area contributed by atoms with Crippen LogP contribution >= 0.6 is 0 Å². The normalized spacial score (nSPS) is 13.2. The predicted molar refractivity (Wildman–Crippen MR) is 80.7 cm³/mol. The van der Waals surface area contributed by atoms with Crippen LogP contribution in [0, 0.1) is 11.6 Å². The highest BCUT2D eigenvalue weighted by Gasteiger charge is 2.19. The summed E-state index contributed by atoms with van der Waals surface area (Å²) in [5.41, 5.74) is 4.97. The van der Waals surface area contributed by atoms with Crippen LogP contribution in [0.15, 0.2) is 42.5 Å². The minimum Gasteiger partial charge on any atom is -0.271 e. The van der Waals surface area contributed by atoms with Crippen LogP contribution in [0.2, 0.25) is 0 Å². The van der Waals surface area contributed by atoms with Crippen molar-refractivity contribution >= 4 is 0 Å². The van der Waals surface area contributed by atoms with Gasteiger partial charge in [-0.25, -0.2) is 14.2 Å². The molecule has 0 heterocycles. The summed E-state index contributed by atoms with van der Waals surface area (Å²) in [5, 5.41) is 0. The van der Waals surface area contributed by atoms with Crippen molar-refractivity contribution in [3.8, 4) is 0 Å². The summed E-state index contributed by atoms with van der Waals surface area (Å²) >= 11 is 0. The molecule has 0 aromatic heterocycles. The summed E-state index contributed by atoms with van der Waals surface area (Å²) in [4.78, 5) is 0. The first-order valence-electron chi connectivity index (χ1n) is 6.84. The minimum atomic E-state index is -0.613. The van der Waals surface area contributed by atoms with Crippen molar-refractivity contribution in [3.05, 3.63) is 70.8 Å². The van der Waals surface area contributed by atoms with Crippen molar-refractivity contribution in [2.75, 3.05) is 0 Å². The van der Waals surface area contributed by atoms with Gasteiger partial charge in [-0.05, 0) is 22.6 Å². The van der Waals surface area contributed by atoms with Crippen LogP contribution in [-0.4, -0.2) is 0 Å². The highest BCUT2D eigenvalue weighted by Crippen LogP contribution is 2.27. The van der Waals surface area contributed by atoms with E-state index in [2.05, 4.69) is 26.2 Å². The fourth-order valence-electron chi connectivity index (χ4n) is 2.28. The van der Waals surface area contributed by atoms with Crippen LogP contribution in [0.5, 0.6) is 0 Å². The lowest BCUT2D eigenvalue weighted by Gasteiger charge is -2.22. The quantitative estimate of drug-likeness (QED) is 0.666. The molecule has 1 unspecified atom stereocenters. The van der Waals surface area contributed by atoms with E-state index in [1.807, 2.05) is 24.3 Å². The first-order valence-corrected chi connectivity index (χ1v) is 6.84. The fraction of sp³-hybridized carbons (Fsp3) is 0.294. The van der Waals surface area contributed by atoms with Crippen molar-refractivity contribution in [1.29, 1.82) is 0 Å². The Labute approximate surface area is 124 Å². The molecule has 1 atom stereocenters. The standard InChI is InChI=1S/C17H20F2N2/c1-17(2,3)12-6-4-11(5-7-12)16(21-20)14-9-8-13(18)10-15(14)19/h4-10,16,21H,20H2,1-3H3. The van der Waals surface area contributed by atoms with Gasteiger partial charge in [0, 0.05) is 11.6 Å². The molecule has 0 aliphatic carbocycles. The van der Waals surface area contributed by atoms with E-state index in [9.17, 15) is 8.78 Å². The Morgan fingerprint density at radius 1 is 1.00 bits per heavy atom. The number of nitrogens with two attached hydrogens (primary N) is 1. The minimum absolute atomic E-state index is 0.0469. The van der Waals surface area contributed by atoms with Crippen LogP contribution in [0.4, 0.5) is 8.78 Å². The van der Waals surface area contributed by atoms with Crippen LogP contribution in [0.25, 0.3) is 0 Å². The zero-order valence-corrected chi connectivity index (χ0v) is 12.5. The van der Waals surface area contributed by atoms with Crippen LogP contribution in [-0.2, 0) is 5.41 Å². The highest BCUT2D eigenvalue weighted by atomic mass is 19.1. The number of halogens is 2. The molecule has 3 N–H and O–H groups in total. The smallest absolute Gasteiger partial charge is 0.131 e. The van der Waals surface area contributed by atoms with Gasteiger partial charge in [0.15, 0.2) is 0 Å². The van der Waals surface area contributed by atoms with E-state index in [0.29, 0.717) is 5.56 Å². The predicted octanol–water partition coefficient (Wildman–Crippen LogP) is 3.82. The Hall–Kier alpha value is -1.78. The Balaban J connectivity index is 2.37. The average Bonchev–Trinajstić information content (AvgIpc) is 2.41. The summed E-state index contributed by atoms with van der Waals surface area (Å²) in [7, 11) is 0. The molecule has 0 amide bonds. The molecular weight excluding hydrogens is 270 g/mol. The van der Waals surface area contributed by atoms with Gasteiger partial charge in [0.1, 0.15) is 11.6 Å². The molecule has 112 valence electrons. The Morgan fingerprint density at radius 3 is 2.10 bits per heavy atom. The van der Waals surface area contributed by atoms with Crippen molar-refractivity contribution < 1.29 is 8.78 Å². The first-order chi connectivity index (χ1) is 9.82. The lowest BCUT2D eigenvalue weighted by molar-refractivity contribution is 0.541. The van der Waals surface area contributed by atoms with E-state index in [4.69, 9.17) is 5.84 Å². The Morgan fingerprint density at radius 2 is 1.62 bits per heavy atom. The molecule has 0 fully saturated rings. The van der Waals surface area contributed by atoms with Gasteiger partial charge in [-0.15, -0.1) is 0 Å². The molecule has 0 spiro atoms. The van der Waals surface area contributed by atoms with E-state index in [0.717, 1.165) is 11.6 Å². The van der Waals surface area contributed by atoms with Gasteiger partial charge in [-0.1, -0.05) is 51.1 Å². The summed E-state index contributed by atoms with van der Waals surface area (Å²) in [6, 6.07) is 10.8. The van der Waals surface area contributed by atoms with E-state index in [1.165, 1.54) is 17.7 Å². The molecule has 0 saturated carbocycles. The molecule has 21 heavy (non-hydrogen) atoms. The second-order valence-electron chi connectivity index (χ2n) is 6.14. The molecule has 0 saturated heterocycles. The number of benzene rings is 2. The summed E-state index contributed by atoms with van der Waals surface area (Å²) in [6.07, 6.45) is 0. The van der Waals surface area contributed by atoms with Crippen molar-refractivity contribution in [2.24, 2.45) is 5.84 Å². The van der Waals surface area contributed by atoms with Gasteiger partial charge < -0.3 is 0 Å². The van der Waals surface area contributed by atoms with Gasteiger partial charge in [-0.2, -0.15) is 0 Å². The number of rotatable bonds is 3. The third-order valence-corrected chi connectivity index (χ3v) is 3.55. The van der Waals surface area contributed by atoms with Crippen LogP contribution in [0.3, 0.4) is 0 Å². The maximum Gasteiger partial charge on any atom is 0.131 e.